The number of halogens is 1. The minimum absolute atomic E-state index is 0.0785. The van der Waals surface area contributed by atoms with Gasteiger partial charge in [0.15, 0.2) is 0 Å². The van der Waals surface area contributed by atoms with Crippen LogP contribution in [0.3, 0.4) is 0 Å². The van der Waals surface area contributed by atoms with Gasteiger partial charge in [-0.3, -0.25) is 9.89 Å². The van der Waals surface area contributed by atoms with Crippen LogP contribution in [0.25, 0.3) is 0 Å². The van der Waals surface area contributed by atoms with Crippen molar-refractivity contribution in [3.05, 3.63) is 53.0 Å². The van der Waals surface area contributed by atoms with E-state index in [1.165, 1.54) is 0 Å². The molecule has 0 atom stereocenters. The number of aromatic amines is 1. The predicted molar refractivity (Wildman–Crippen MR) is 88.0 cm³/mol. The first-order valence-corrected chi connectivity index (χ1v) is 7.79. The zero-order valence-corrected chi connectivity index (χ0v) is 13.4. The molecule has 1 aliphatic rings. The zero-order valence-electron chi connectivity index (χ0n) is 12.7. The molecule has 1 aliphatic carbocycles. The summed E-state index contributed by atoms with van der Waals surface area (Å²) in [6.07, 6.45) is 4.37. The summed E-state index contributed by atoms with van der Waals surface area (Å²) in [5.74, 6) is 1.06. The SMILES string of the molecule is CC(C)(C(=O)Nc1cc(C2C[CH]C2)n[nH]1)c1ccc(Cl)cc1. The van der Waals surface area contributed by atoms with Gasteiger partial charge in [0.2, 0.25) is 5.91 Å². The van der Waals surface area contributed by atoms with Crippen molar-refractivity contribution in [2.75, 3.05) is 5.32 Å². The quantitative estimate of drug-likeness (QED) is 0.893. The summed E-state index contributed by atoms with van der Waals surface area (Å²) < 4.78 is 0. The molecule has 0 aliphatic heterocycles. The van der Waals surface area contributed by atoms with Gasteiger partial charge in [-0.2, -0.15) is 5.10 Å². The Kier molecular flexibility index (Phi) is 3.96. The van der Waals surface area contributed by atoms with Crippen LogP contribution in [0.2, 0.25) is 5.02 Å². The first-order valence-electron chi connectivity index (χ1n) is 7.41. The van der Waals surface area contributed by atoms with Crippen molar-refractivity contribution in [3.8, 4) is 0 Å². The number of carbonyl (C=O) groups excluding carboxylic acids is 1. The topological polar surface area (TPSA) is 57.8 Å². The van der Waals surface area contributed by atoms with Crippen LogP contribution in [-0.2, 0) is 10.2 Å². The first kappa shape index (κ1) is 15.1. The average Bonchev–Trinajstić information content (AvgIpc) is 2.85. The number of rotatable bonds is 4. The number of hydrogen-bond donors (Lipinski definition) is 2. The van der Waals surface area contributed by atoms with Gasteiger partial charge >= 0.3 is 0 Å². The predicted octanol–water partition coefficient (Wildman–Crippen LogP) is 4.06. The molecule has 22 heavy (non-hydrogen) atoms. The van der Waals surface area contributed by atoms with Gasteiger partial charge in [0.05, 0.1) is 11.1 Å². The van der Waals surface area contributed by atoms with Gasteiger partial charge in [0.25, 0.3) is 0 Å². The van der Waals surface area contributed by atoms with Gasteiger partial charge in [0.1, 0.15) is 5.82 Å². The standard InChI is InChI=1S/C17H19ClN3O/c1-17(2,12-6-8-13(18)9-7-12)16(22)19-15-10-14(20-21-15)11-4-3-5-11/h3,6-11H,4-5H2,1-2H3,(H2,19,20,21,22). The van der Waals surface area contributed by atoms with Crippen molar-refractivity contribution >= 4 is 23.3 Å². The number of nitrogens with zero attached hydrogens (tertiary/aromatic N) is 1. The largest absolute Gasteiger partial charge is 0.310 e. The third-order valence-electron chi connectivity index (χ3n) is 4.30. The smallest absolute Gasteiger partial charge is 0.235 e. The van der Waals surface area contributed by atoms with Crippen LogP contribution >= 0.6 is 11.6 Å². The minimum atomic E-state index is -0.653. The fraction of sp³-hybridized carbons (Fsp3) is 0.353. The molecule has 1 amide bonds. The number of benzene rings is 1. The second-order valence-electron chi connectivity index (χ2n) is 6.25. The average molecular weight is 317 g/mol. The van der Waals surface area contributed by atoms with E-state index < -0.39 is 5.41 Å². The van der Waals surface area contributed by atoms with Crippen LogP contribution in [0.5, 0.6) is 0 Å². The van der Waals surface area contributed by atoms with Crippen LogP contribution in [0.15, 0.2) is 30.3 Å². The molecule has 0 bridgehead atoms. The molecule has 1 aromatic carbocycles. The van der Waals surface area contributed by atoms with Crippen molar-refractivity contribution in [3.63, 3.8) is 0 Å². The van der Waals surface area contributed by atoms with Gasteiger partial charge in [-0.1, -0.05) is 23.7 Å². The van der Waals surface area contributed by atoms with Crippen molar-refractivity contribution in [2.24, 2.45) is 0 Å². The van der Waals surface area contributed by atoms with Gasteiger partial charge in [-0.15, -0.1) is 0 Å². The molecule has 1 radical (unpaired) electrons. The Morgan fingerprint density at radius 3 is 2.59 bits per heavy atom. The molecule has 5 heteroatoms. The maximum atomic E-state index is 12.6. The Morgan fingerprint density at radius 2 is 2.00 bits per heavy atom. The van der Waals surface area contributed by atoms with Crippen molar-refractivity contribution in [2.45, 2.75) is 38.0 Å². The Hall–Kier alpha value is -1.81. The highest BCUT2D eigenvalue weighted by molar-refractivity contribution is 6.30. The van der Waals surface area contributed by atoms with Crippen LogP contribution in [0.1, 0.15) is 43.9 Å². The zero-order chi connectivity index (χ0) is 15.7. The van der Waals surface area contributed by atoms with E-state index in [2.05, 4.69) is 21.9 Å². The van der Waals surface area contributed by atoms with Crippen LogP contribution in [-0.4, -0.2) is 16.1 Å². The first-order chi connectivity index (χ1) is 10.5. The fourth-order valence-electron chi connectivity index (χ4n) is 2.46. The van der Waals surface area contributed by atoms with E-state index in [1.807, 2.05) is 32.0 Å². The molecule has 1 fully saturated rings. The molecule has 0 saturated heterocycles. The minimum Gasteiger partial charge on any atom is -0.310 e. The highest BCUT2D eigenvalue weighted by Gasteiger charge is 2.30. The molecule has 115 valence electrons. The summed E-state index contributed by atoms with van der Waals surface area (Å²) in [6, 6.07) is 9.28. The summed E-state index contributed by atoms with van der Waals surface area (Å²) in [5, 5.41) is 10.8. The summed E-state index contributed by atoms with van der Waals surface area (Å²) in [5.41, 5.74) is 1.28. The maximum Gasteiger partial charge on any atom is 0.235 e. The Morgan fingerprint density at radius 1 is 1.32 bits per heavy atom. The van der Waals surface area contributed by atoms with Crippen LogP contribution in [0, 0.1) is 6.42 Å². The number of aromatic nitrogens is 2. The van der Waals surface area contributed by atoms with Crippen molar-refractivity contribution in [1.29, 1.82) is 0 Å². The highest BCUT2D eigenvalue weighted by atomic mass is 35.5. The Bertz CT molecular complexity index is 671. The third-order valence-corrected chi connectivity index (χ3v) is 4.55. The molecule has 2 N–H and O–H groups in total. The molecule has 4 nitrogen and oxygen atoms in total. The third kappa shape index (κ3) is 2.88. The number of amides is 1. The lowest BCUT2D eigenvalue weighted by atomic mass is 9.83. The molecule has 1 heterocycles. The molecule has 0 unspecified atom stereocenters. The van der Waals surface area contributed by atoms with Crippen LogP contribution < -0.4 is 5.32 Å². The van der Waals surface area contributed by atoms with E-state index in [-0.39, 0.29) is 5.91 Å². The lowest BCUT2D eigenvalue weighted by molar-refractivity contribution is -0.120. The number of nitrogens with one attached hydrogen (secondary N) is 2. The van der Waals surface area contributed by atoms with E-state index >= 15 is 0 Å². The van der Waals surface area contributed by atoms with E-state index in [1.54, 1.807) is 12.1 Å². The normalized spacial score (nSPS) is 15.4. The van der Waals surface area contributed by atoms with Gasteiger partial charge in [-0.05, 0) is 50.8 Å². The highest BCUT2D eigenvalue weighted by Crippen LogP contribution is 2.35. The molecule has 1 saturated carbocycles. The molecular formula is C17H19ClN3O. The fourth-order valence-corrected chi connectivity index (χ4v) is 2.59. The lowest BCUT2D eigenvalue weighted by Gasteiger charge is -2.24. The molecule has 0 spiro atoms. The molecular weight excluding hydrogens is 298 g/mol. The van der Waals surface area contributed by atoms with Gasteiger partial charge < -0.3 is 5.32 Å². The molecule has 3 rings (SSSR count). The van der Waals surface area contributed by atoms with Gasteiger partial charge in [0, 0.05) is 17.0 Å². The molecule has 2 aromatic rings. The van der Waals surface area contributed by atoms with Crippen molar-refractivity contribution in [1.82, 2.24) is 10.2 Å². The van der Waals surface area contributed by atoms with Crippen molar-refractivity contribution < 1.29 is 4.79 Å². The second-order valence-corrected chi connectivity index (χ2v) is 6.69. The Labute approximate surface area is 135 Å². The van der Waals surface area contributed by atoms with Crippen LogP contribution in [0.4, 0.5) is 5.82 Å². The monoisotopic (exact) mass is 316 g/mol. The Balaban J connectivity index is 1.72. The maximum absolute atomic E-state index is 12.6. The lowest BCUT2D eigenvalue weighted by Crippen LogP contribution is -2.34. The number of anilines is 1. The van der Waals surface area contributed by atoms with E-state index in [9.17, 15) is 4.79 Å². The van der Waals surface area contributed by atoms with Gasteiger partial charge in [-0.25, -0.2) is 0 Å². The van der Waals surface area contributed by atoms with E-state index in [0.29, 0.717) is 16.8 Å². The molecule has 1 aromatic heterocycles. The van der Waals surface area contributed by atoms with E-state index in [4.69, 9.17) is 11.6 Å². The number of hydrogen-bond acceptors (Lipinski definition) is 2. The second kappa shape index (κ2) is 5.76. The summed E-state index contributed by atoms with van der Waals surface area (Å²) >= 11 is 5.91. The number of carbonyl (C=O) groups is 1. The van der Waals surface area contributed by atoms with E-state index in [0.717, 1.165) is 24.1 Å². The summed E-state index contributed by atoms with van der Waals surface area (Å²) in [7, 11) is 0. The number of H-pyrrole nitrogens is 1. The summed E-state index contributed by atoms with van der Waals surface area (Å²) in [4.78, 5) is 12.6. The summed E-state index contributed by atoms with van der Waals surface area (Å²) in [6.45, 7) is 3.79.